The van der Waals surface area contributed by atoms with E-state index < -0.39 is 20.8 Å². The Labute approximate surface area is 130 Å². The molecule has 23 heavy (non-hydrogen) atoms. The highest BCUT2D eigenvalue weighted by Gasteiger charge is 2.21. The van der Waals surface area contributed by atoms with Crippen molar-refractivity contribution in [2.75, 3.05) is 0 Å². The average molecular weight is 333 g/mol. The zero-order valence-electron chi connectivity index (χ0n) is 11.8. The minimum absolute atomic E-state index is 0.0383. The third-order valence-electron chi connectivity index (χ3n) is 3.10. The fraction of sp³-hybridized carbons (Fsp3) is 0.0714. The van der Waals surface area contributed by atoms with Crippen LogP contribution < -0.4 is 0 Å². The molecule has 2 aromatic carbocycles. The van der Waals surface area contributed by atoms with Crippen LogP contribution in [0.3, 0.4) is 0 Å². The SMILES string of the molecule is Cc1cc(/N=N/c2c(S(=O)(=O)O)cc3ccccc3c2O)on1. The Morgan fingerprint density at radius 1 is 1.17 bits per heavy atom. The molecule has 1 heterocycles. The molecule has 0 fully saturated rings. The summed E-state index contributed by atoms with van der Waals surface area (Å²) in [4.78, 5) is -0.548. The Morgan fingerprint density at radius 3 is 2.57 bits per heavy atom. The van der Waals surface area contributed by atoms with Gasteiger partial charge >= 0.3 is 0 Å². The minimum atomic E-state index is -4.61. The second-order valence-electron chi connectivity index (χ2n) is 4.77. The number of azo groups is 1. The largest absolute Gasteiger partial charge is 0.505 e. The Hall–Kier alpha value is -2.78. The van der Waals surface area contributed by atoms with E-state index in [0.29, 0.717) is 16.5 Å². The minimum Gasteiger partial charge on any atom is -0.505 e. The van der Waals surface area contributed by atoms with Gasteiger partial charge in [0.25, 0.3) is 16.0 Å². The third kappa shape index (κ3) is 2.91. The molecule has 2 N–H and O–H groups in total. The lowest BCUT2D eigenvalue weighted by Crippen LogP contribution is -1.99. The van der Waals surface area contributed by atoms with Gasteiger partial charge in [-0.3, -0.25) is 4.55 Å². The molecular formula is C14H11N3O5S. The van der Waals surface area contributed by atoms with Crippen molar-refractivity contribution in [3.05, 3.63) is 42.1 Å². The average Bonchev–Trinajstić information content (AvgIpc) is 2.91. The molecule has 0 aliphatic heterocycles. The van der Waals surface area contributed by atoms with Crippen LogP contribution in [0.2, 0.25) is 0 Å². The molecule has 0 aliphatic carbocycles. The van der Waals surface area contributed by atoms with Gasteiger partial charge in [0, 0.05) is 11.5 Å². The van der Waals surface area contributed by atoms with Gasteiger partial charge in [0.2, 0.25) is 0 Å². The number of phenols is 1. The van der Waals surface area contributed by atoms with E-state index in [1.54, 1.807) is 31.2 Å². The van der Waals surface area contributed by atoms with Crippen molar-refractivity contribution in [3.8, 4) is 5.75 Å². The molecule has 3 aromatic rings. The van der Waals surface area contributed by atoms with E-state index in [1.807, 2.05) is 0 Å². The van der Waals surface area contributed by atoms with E-state index in [1.165, 1.54) is 12.1 Å². The number of hydrogen-bond acceptors (Lipinski definition) is 7. The molecule has 0 atom stereocenters. The summed E-state index contributed by atoms with van der Waals surface area (Å²) in [7, 11) is -4.61. The first-order chi connectivity index (χ1) is 10.9. The van der Waals surface area contributed by atoms with Crippen LogP contribution in [0.4, 0.5) is 11.6 Å². The predicted molar refractivity (Wildman–Crippen MR) is 80.8 cm³/mol. The fourth-order valence-electron chi connectivity index (χ4n) is 2.08. The smallest absolute Gasteiger partial charge is 0.296 e. The molecular weight excluding hydrogens is 322 g/mol. The van der Waals surface area contributed by atoms with Crippen molar-refractivity contribution in [2.24, 2.45) is 10.2 Å². The van der Waals surface area contributed by atoms with E-state index in [0.717, 1.165) is 0 Å². The van der Waals surface area contributed by atoms with Crippen molar-refractivity contribution in [2.45, 2.75) is 11.8 Å². The number of benzene rings is 2. The van der Waals surface area contributed by atoms with Gasteiger partial charge < -0.3 is 9.63 Å². The van der Waals surface area contributed by atoms with Crippen LogP contribution >= 0.6 is 0 Å². The summed E-state index contributed by atoms with van der Waals surface area (Å²) in [6.45, 7) is 1.68. The lowest BCUT2D eigenvalue weighted by atomic mass is 10.1. The third-order valence-corrected chi connectivity index (χ3v) is 3.97. The number of fused-ring (bicyclic) bond motifs is 1. The summed E-state index contributed by atoms with van der Waals surface area (Å²) in [5, 5.41) is 22.1. The van der Waals surface area contributed by atoms with Crippen molar-refractivity contribution in [1.82, 2.24) is 5.16 Å². The first kappa shape index (κ1) is 15.1. The molecule has 9 heteroatoms. The lowest BCUT2D eigenvalue weighted by molar-refractivity contribution is 0.422. The topological polar surface area (TPSA) is 125 Å². The standard InChI is InChI=1S/C14H11N3O5S/c1-8-6-12(22-17-8)15-16-13-11(23(19,20)21)7-9-4-2-3-5-10(9)14(13)18/h2-7,18H,1H3,(H,19,20,21)/b16-15+. The van der Waals surface area contributed by atoms with Gasteiger partial charge in [0.1, 0.15) is 10.6 Å². The highest BCUT2D eigenvalue weighted by molar-refractivity contribution is 7.86. The van der Waals surface area contributed by atoms with Gasteiger partial charge in [-0.15, -0.1) is 10.2 Å². The maximum atomic E-state index is 11.6. The van der Waals surface area contributed by atoms with E-state index in [-0.39, 0.29) is 11.6 Å². The van der Waals surface area contributed by atoms with Gasteiger partial charge in [-0.25, -0.2) is 0 Å². The summed E-state index contributed by atoms with van der Waals surface area (Å²) in [6, 6.07) is 9.24. The Kier molecular flexibility index (Phi) is 3.58. The van der Waals surface area contributed by atoms with Crippen LogP contribution in [0.15, 0.2) is 56.0 Å². The molecule has 8 nitrogen and oxygen atoms in total. The summed E-state index contributed by atoms with van der Waals surface area (Å²) in [5.74, 6) is -0.368. The van der Waals surface area contributed by atoms with E-state index in [2.05, 4.69) is 15.4 Å². The van der Waals surface area contributed by atoms with E-state index in [4.69, 9.17) is 4.52 Å². The number of aromatic nitrogens is 1. The van der Waals surface area contributed by atoms with E-state index >= 15 is 0 Å². The molecule has 0 unspecified atom stereocenters. The number of hydrogen-bond donors (Lipinski definition) is 2. The number of aryl methyl sites for hydroxylation is 1. The summed E-state index contributed by atoms with van der Waals surface area (Å²) >= 11 is 0. The van der Waals surface area contributed by atoms with Crippen LogP contribution in [0.1, 0.15) is 5.69 Å². The van der Waals surface area contributed by atoms with Crippen molar-refractivity contribution in [3.63, 3.8) is 0 Å². The number of nitrogens with zero attached hydrogens (tertiary/aromatic N) is 3. The quantitative estimate of drug-likeness (QED) is 0.558. The molecule has 0 radical (unpaired) electrons. The molecule has 0 spiro atoms. The zero-order valence-corrected chi connectivity index (χ0v) is 12.6. The molecule has 0 amide bonds. The predicted octanol–water partition coefficient (Wildman–Crippen LogP) is 3.50. The van der Waals surface area contributed by atoms with Crippen LogP contribution in [0.25, 0.3) is 10.8 Å². The van der Waals surface area contributed by atoms with Gasteiger partial charge in [-0.05, 0) is 18.4 Å². The van der Waals surface area contributed by atoms with Crippen LogP contribution in [0.5, 0.6) is 5.75 Å². The number of rotatable bonds is 3. The van der Waals surface area contributed by atoms with E-state index in [9.17, 15) is 18.1 Å². The molecule has 1 aromatic heterocycles. The van der Waals surface area contributed by atoms with Crippen LogP contribution in [0, 0.1) is 6.92 Å². The maximum absolute atomic E-state index is 11.6. The second kappa shape index (κ2) is 5.45. The summed E-state index contributed by atoms with van der Waals surface area (Å²) in [5.41, 5.74) is 0.192. The van der Waals surface area contributed by atoms with Crippen LogP contribution in [-0.4, -0.2) is 23.2 Å². The first-order valence-electron chi connectivity index (χ1n) is 6.43. The first-order valence-corrected chi connectivity index (χ1v) is 7.87. The highest BCUT2D eigenvalue weighted by Crippen LogP contribution is 2.41. The monoisotopic (exact) mass is 333 g/mol. The van der Waals surface area contributed by atoms with Gasteiger partial charge in [0.15, 0.2) is 5.75 Å². The van der Waals surface area contributed by atoms with Crippen molar-refractivity contribution < 1.29 is 22.6 Å². The maximum Gasteiger partial charge on any atom is 0.296 e. The van der Waals surface area contributed by atoms with Gasteiger partial charge in [0.05, 0.1) is 5.69 Å². The highest BCUT2D eigenvalue weighted by atomic mass is 32.2. The van der Waals surface area contributed by atoms with Crippen LogP contribution in [-0.2, 0) is 10.1 Å². The molecule has 0 bridgehead atoms. The van der Waals surface area contributed by atoms with Crippen molar-refractivity contribution >= 4 is 32.5 Å². The molecule has 118 valence electrons. The second-order valence-corrected chi connectivity index (χ2v) is 6.16. The molecule has 3 rings (SSSR count). The summed E-state index contributed by atoms with van der Waals surface area (Å²) in [6.07, 6.45) is 0. The molecule has 0 aliphatic rings. The Balaban J connectivity index is 2.25. The number of phenolic OH excluding ortho intramolecular Hbond substituents is 1. The Bertz CT molecular complexity index is 1020. The normalized spacial score (nSPS) is 12.3. The zero-order chi connectivity index (χ0) is 16.6. The fourth-order valence-corrected chi connectivity index (χ4v) is 2.74. The number of aromatic hydroxyl groups is 1. The van der Waals surface area contributed by atoms with Gasteiger partial charge in [-0.1, -0.05) is 29.4 Å². The summed E-state index contributed by atoms with van der Waals surface area (Å²) < 4.78 is 37.4. The lowest BCUT2D eigenvalue weighted by Gasteiger charge is -2.08. The molecule has 0 saturated carbocycles. The Morgan fingerprint density at radius 2 is 1.91 bits per heavy atom. The van der Waals surface area contributed by atoms with Crippen molar-refractivity contribution in [1.29, 1.82) is 0 Å². The molecule has 0 saturated heterocycles. The van der Waals surface area contributed by atoms with Gasteiger partial charge in [-0.2, -0.15) is 8.42 Å².